The lowest BCUT2D eigenvalue weighted by molar-refractivity contribution is 0.669. The van der Waals surface area contributed by atoms with Crippen LogP contribution in [0.3, 0.4) is 0 Å². The number of para-hydroxylation sites is 1. The summed E-state index contributed by atoms with van der Waals surface area (Å²) in [5.74, 6) is 1.24. The molecule has 0 saturated heterocycles. The van der Waals surface area contributed by atoms with Crippen molar-refractivity contribution >= 4 is 21.9 Å². The maximum atomic E-state index is 9.44. The first-order valence-corrected chi connectivity index (χ1v) is 17.9. The lowest BCUT2D eigenvalue weighted by Crippen LogP contribution is -2.00. The Bertz CT molecular complexity index is 3240. The van der Waals surface area contributed by atoms with Crippen molar-refractivity contribution in [3.05, 3.63) is 200 Å². The monoisotopic (exact) mass is 710 g/mol. The molecule has 0 saturated carbocycles. The highest BCUT2D eigenvalue weighted by Gasteiger charge is 2.16. The van der Waals surface area contributed by atoms with Crippen LogP contribution in [0.2, 0.25) is 0 Å². The van der Waals surface area contributed by atoms with Gasteiger partial charge >= 0.3 is 0 Å². The molecule has 0 aliphatic rings. The highest BCUT2D eigenvalue weighted by molar-refractivity contribution is 6.06. The van der Waals surface area contributed by atoms with Crippen molar-refractivity contribution in [1.29, 1.82) is 0 Å². The minimum Gasteiger partial charge on any atom is -0.456 e. The van der Waals surface area contributed by atoms with Crippen molar-refractivity contribution in [1.82, 2.24) is 15.0 Å². The number of hydrogen-bond acceptors (Lipinski definition) is 4. The van der Waals surface area contributed by atoms with Gasteiger partial charge in [-0.25, -0.2) is 15.0 Å². The Morgan fingerprint density at radius 3 is 1.27 bits per heavy atom. The van der Waals surface area contributed by atoms with Gasteiger partial charge in [-0.05, 0) is 80.8 Å². The summed E-state index contributed by atoms with van der Waals surface area (Å²) in [5.41, 5.74) is 8.25. The van der Waals surface area contributed by atoms with Gasteiger partial charge in [0, 0.05) is 27.5 Å². The molecular weight excluding hydrogens is 671 g/mol. The Hall–Kier alpha value is -7.43. The number of nitrogens with zero attached hydrogens (tertiary/aromatic N) is 3. The van der Waals surface area contributed by atoms with Crippen molar-refractivity contribution in [2.75, 3.05) is 0 Å². The fourth-order valence-corrected chi connectivity index (χ4v) is 6.79. The van der Waals surface area contributed by atoms with Crippen molar-refractivity contribution in [2.45, 2.75) is 0 Å². The Balaban J connectivity index is 1.19. The standard InChI is InChI=1S/C51H33N3O/c1-4-12-34(13-5-1)37-20-24-39(25-21-37)49-52-50(40-26-22-38(23-27-40)35-14-6-2-7-15-35)54-51(53-49)44-31-42(36-16-8-3-9-17-36)30-43(32-44)41-28-29-46-45-18-10-11-19-47(45)55-48(46)33-41/h1-33H/i10D,11D,18D,19D,28D,29D,33D. The molecular formula is C51H33N3O. The van der Waals surface area contributed by atoms with Crippen LogP contribution in [0.15, 0.2) is 204 Å². The second kappa shape index (κ2) is 13.8. The SMILES string of the molecule is [2H]c1c([2H])c([2H])c2c(oc3c([2H])c(-c4cc(-c5ccccc5)cc(-c5nc(-c6ccc(-c7ccccc7)cc6)nc(-c6ccc(-c7ccccc7)cc6)n5)c4)c([2H])c([2H])c32)c1[2H]. The van der Waals surface area contributed by atoms with E-state index >= 15 is 0 Å². The molecule has 2 heterocycles. The zero-order valence-corrected chi connectivity index (χ0v) is 29.3. The van der Waals surface area contributed by atoms with E-state index in [1.807, 2.05) is 127 Å². The molecule has 0 fully saturated rings. The van der Waals surface area contributed by atoms with E-state index in [1.165, 1.54) is 0 Å². The largest absolute Gasteiger partial charge is 0.456 e. The fraction of sp³-hybridized carbons (Fsp3) is 0. The topological polar surface area (TPSA) is 51.8 Å². The van der Waals surface area contributed by atoms with Crippen LogP contribution in [-0.2, 0) is 0 Å². The molecule has 0 unspecified atom stereocenters. The van der Waals surface area contributed by atoms with Crippen LogP contribution in [-0.4, -0.2) is 15.0 Å². The molecule has 4 heteroatoms. The van der Waals surface area contributed by atoms with Crippen molar-refractivity contribution in [3.63, 3.8) is 0 Å². The molecule has 258 valence electrons. The summed E-state index contributed by atoms with van der Waals surface area (Å²) in [7, 11) is 0. The molecule has 0 amide bonds. The smallest absolute Gasteiger partial charge is 0.164 e. The summed E-state index contributed by atoms with van der Waals surface area (Å²) in [6.45, 7) is 0. The minimum atomic E-state index is -0.485. The maximum absolute atomic E-state index is 9.44. The summed E-state index contributed by atoms with van der Waals surface area (Å²) in [6, 6.07) is 49.0. The molecule has 0 bridgehead atoms. The van der Waals surface area contributed by atoms with E-state index in [-0.39, 0.29) is 51.7 Å². The highest BCUT2D eigenvalue weighted by Crippen LogP contribution is 2.37. The third-order valence-corrected chi connectivity index (χ3v) is 9.61. The summed E-state index contributed by atoms with van der Waals surface area (Å²) in [6.07, 6.45) is 0. The molecule has 0 atom stereocenters. The van der Waals surface area contributed by atoms with Gasteiger partial charge < -0.3 is 4.42 Å². The molecule has 10 rings (SSSR count). The molecule has 55 heavy (non-hydrogen) atoms. The first-order valence-electron chi connectivity index (χ1n) is 21.4. The first-order chi connectivity index (χ1) is 30.1. The molecule has 10 aromatic rings. The third kappa shape index (κ3) is 6.36. The van der Waals surface area contributed by atoms with Crippen molar-refractivity contribution in [3.8, 4) is 78.7 Å². The molecule has 0 aliphatic carbocycles. The molecule has 0 aliphatic heterocycles. The average molecular weight is 711 g/mol. The van der Waals surface area contributed by atoms with Gasteiger partial charge in [-0.2, -0.15) is 0 Å². The predicted molar refractivity (Wildman–Crippen MR) is 225 cm³/mol. The number of rotatable bonds is 7. The van der Waals surface area contributed by atoms with Gasteiger partial charge in [0.2, 0.25) is 0 Å². The van der Waals surface area contributed by atoms with Gasteiger partial charge in [-0.3, -0.25) is 0 Å². The third-order valence-electron chi connectivity index (χ3n) is 9.61. The van der Waals surface area contributed by atoms with Crippen LogP contribution in [0.4, 0.5) is 0 Å². The number of aromatic nitrogens is 3. The summed E-state index contributed by atoms with van der Waals surface area (Å²) in [4.78, 5) is 15.1. The van der Waals surface area contributed by atoms with E-state index < -0.39 is 18.1 Å². The number of hydrogen-bond donors (Lipinski definition) is 0. The zero-order valence-electron chi connectivity index (χ0n) is 36.3. The van der Waals surface area contributed by atoms with E-state index in [9.17, 15) is 4.11 Å². The lowest BCUT2D eigenvalue weighted by Gasteiger charge is -2.13. The van der Waals surface area contributed by atoms with E-state index in [2.05, 4.69) is 24.3 Å². The number of fused-ring (bicyclic) bond motifs is 3. The van der Waals surface area contributed by atoms with Crippen LogP contribution < -0.4 is 0 Å². The summed E-state index contributed by atoms with van der Waals surface area (Å²) < 4.78 is 67.5. The Labute approximate surface area is 328 Å². The first kappa shape index (κ1) is 25.5. The quantitative estimate of drug-likeness (QED) is 0.165. The maximum Gasteiger partial charge on any atom is 0.164 e. The van der Waals surface area contributed by atoms with E-state index in [1.54, 1.807) is 6.07 Å². The zero-order chi connectivity index (χ0) is 42.6. The lowest BCUT2D eigenvalue weighted by atomic mass is 9.95. The van der Waals surface area contributed by atoms with Gasteiger partial charge in [-0.15, -0.1) is 0 Å². The van der Waals surface area contributed by atoms with Gasteiger partial charge in [0.05, 0.1) is 9.60 Å². The van der Waals surface area contributed by atoms with E-state index in [4.69, 9.17) is 24.9 Å². The molecule has 4 nitrogen and oxygen atoms in total. The second-order valence-electron chi connectivity index (χ2n) is 13.1. The van der Waals surface area contributed by atoms with Gasteiger partial charge in [0.1, 0.15) is 11.2 Å². The normalized spacial score (nSPS) is 13.1. The van der Waals surface area contributed by atoms with Crippen LogP contribution in [0.25, 0.3) is 101 Å². The van der Waals surface area contributed by atoms with Crippen molar-refractivity contribution in [2.24, 2.45) is 0 Å². The molecule has 0 N–H and O–H groups in total. The number of benzene rings is 8. The van der Waals surface area contributed by atoms with Gasteiger partial charge in [0.25, 0.3) is 0 Å². The summed E-state index contributed by atoms with van der Waals surface area (Å²) in [5, 5.41) is -0.0318. The Morgan fingerprint density at radius 2 is 0.727 bits per heavy atom. The Morgan fingerprint density at radius 1 is 0.327 bits per heavy atom. The van der Waals surface area contributed by atoms with Crippen LogP contribution in [0.5, 0.6) is 0 Å². The fourth-order valence-electron chi connectivity index (χ4n) is 6.79. The Kier molecular flexibility index (Phi) is 6.43. The van der Waals surface area contributed by atoms with Crippen LogP contribution >= 0.6 is 0 Å². The van der Waals surface area contributed by atoms with Crippen LogP contribution in [0.1, 0.15) is 9.60 Å². The average Bonchev–Trinajstić information content (AvgIpc) is 3.74. The van der Waals surface area contributed by atoms with Gasteiger partial charge in [0.15, 0.2) is 17.5 Å². The molecule has 8 aromatic carbocycles. The van der Waals surface area contributed by atoms with E-state index in [0.717, 1.165) is 44.5 Å². The highest BCUT2D eigenvalue weighted by atomic mass is 16.3. The second-order valence-corrected chi connectivity index (χ2v) is 13.1. The predicted octanol–water partition coefficient (Wildman–Crippen LogP) is 13.4. The van der Waals surface area contributed by atoms with Crippen LogP contribution in [0, 0.1) is 0 Å². The number of furan rings is 1. The van der Waals surface area contributed by atoms with E-state index in [0.29, 0.717) is 28.6 Å². The minimum absolute atomic E-state index is 0.00601. The summed E-state index contributed by atoms with van der Waals surface area (Å²) >= 11 is 0. The van der Waals surface area contributed by atoms with Gasteiger partial charge in [-0.1, -0.05) is 164 Å². The molecule has 0 radical (unpaired) electrons. The molecule has 0 spiro atoms. The molecule has 2 aromatic heterocycles. The van der Waals surface area contributed by atoms with Crippen molar-refractivity contribution < 1.29 is 14.0 Å².